The molecule has 1 aliphatic rings. The lowest BCUT2D eigenvalue weighted by atomic mass is 9.88. The highest BCUT2D eigenvalue weighted by molar-refractivity contribution is 5.85. The summed E-state index contributed by atoms with van der Waals surface area (Å²) >= 11 is 0. The lowest BCUT2D eigenvalue weighted by Gasteiger charge is -2.33. The van der Waals surface area contributed by atoms with Gasteiger partial charge in [-0.05, 0) is 19.4 Å². The summed E-state index contributed by atoms with van der Waals surface area (Å²) < 4.78 is 10.9. The number of carbonyl (C=O) groups excluding carboxylic acids is 2. The van der Waals surface area contributed by atoms with Gasteiger partial charge in [-0.2, -0.15) is 0 Å². The fourth-order valence-electron chi connectivity index (χ4n) is 2.54. The molecule has 1 saturated heterocycles. The first kappa shape index (κ1) is 16.9. The van der Waals surface area contributed by atoms with E-state index >= 15 is 0 Å². The summed E-state index contributed by atoms with van der Waals surface area (Å²) in [5, 5.41) is 5.33. The van der Waals surface area contributed by atoms with Gasteiger partial charge in [-0.25, -0.2) is 4.79 Å². The van der Waals surface area contributed by atoms with Crippen LogP contribution in [-0.4, -0.2) is 25.2 Å². The average molecular weight is 318 g/mol. The van der Waals surface area contributed by atoms with Crippen molar-refractivity contribution in [2.75, 3.05) is 13.2 Å². The van der Waals surface area contributed by atoms with Crippen molar-refractivity contribution in [3.8, 4) is 5.75 Å². The van der Waals surface area contributed by atoms with E-state index in [1.54, 1.807) is 0 Å². The van der Waals surface area contributed by atoms with Crippen LogP contribution in [0.4, 0.5) is 4.79 Å². The third-order valence-electron chi connectivity index (χ3n) is 3.53. The molecular formula is C17H22N2O4. The summed E-state index contributed by atoms with van der Waals surface area (Å²) in [5.74, 6) is -0.496. The predicted molar refractivity (Wildman–Crippen MR) is 85.9 cm³/mol. The zero-order valence-electron chi connectivity index (χ0n) is 13.4. The molecule has 2 rings (SSSR count). The second-order valence-electron chi connectivity index (χ2n) is 5.22. The van der Waals surface area contributed by atoms with E-state index in [1.807, 2.05) is 38.1 Å². The van der Waals surface area contributed by atoms with Crippen molar-refractivity contribution in [1.82, 2.24) is 10.6 Å². The molecule has 1 aromatic rings. The number of ether oxygens (including phenoxy) is 2. The van der Waals surface area contributed by atoms with E-state index in [1.165, 1.54) is 0 Å². The first-order valence-corrected chi connectivity index (χ1v) is 7.73. The summed E-state index contributed by atoms with van der Waals surface area (Å²) in [6.45, 7) is 8.43. The average Bonchev–Trinajstić information content (AvgIpc) is 2.52. The van der Waals surface area contributed by atoms with E-state index in [2.05, 4.69) is 17.2 Å². The van der Waals surface area contributed by atoms with Crippen molar-refractivity contribution < 1.29 is 19.1 Å². The van der Waals surface area contributed by atoms with Crippen molar-refractivity contribution in [3.05, 3.63) is 42.1 Å². The molecule has 1 aromatic carbocycles. The number of nitrogens with one attached hydrogen (secondary N) is 2. The third-order valence-corrected chi connectivity index (χ3v) is 3.53. The molecule has 0 spiro atoms. The van der Waals surface area contributed by atoms with E-state index in [0.717, 1.165) is 12.0 Å². The standard InChI is InChI=1S/C17H22N2O4/c1-4-10-23-16(20)14-11(3)18-17(21)19-15(14)12-8-6-7-9-13(12)22-5-2/h6-9,14-15H,3-5,10H2,1-2H3,(H2,18,19,21)/t14-,15+/m1/s1. The maximum atomic E-state index is 12.4. The quantitative estimate of drug-likeness (QED) is 0.790. The zero-order valence-corrected chi connectivity index (χ0v) is 13.4. The minimum Gasteiger partial charge on any atom is -0.494 e. The van der Waals surface area contributed by atoms with Crippen LogP contribution in [0.3, 0.4) is 0 Å². The van der Waals surface area contributed by atoms with Gasteiger partial charge in [0.2, 0.25) is 0 Å². The van der Waals surface area contributed by atoms with E-state index in [4.69, 9.17) is 9.47 Å². The maximum Gasteiger partial charge on any atom is 0.319 e. The molecule has 0 radical (unpaired) electrons. The molecule has 0 unspecified atom stereocenters. The molecule has 23 heavy (non-hydrogen) atoms. The first-order chi connectivity index (χ1) is 11.1. The SMILES string of the molecule is C=C1NC(=O)N[C@@H](c2ccccc2OCC)[C@@H]1C(=O)OCCC. The van der Waals surface area contributed by atoms with Crippen LogP contribution in [-0.2, 0) is 9.53 Å². The van der Waals surface area contributed by atoms with Gasteiger partial charge in [0.1, 0.15) is 11.7 Å². The van der Waals surface area contributed by atoms with Gasteiger partial charge in [0.05, 0.1) is 19.3 Å². The fraction of sp³-hybridized carbons (Fsp3) is 0.412. The van der Waals surface area contributed by atoms with Gasteiger partial charge in [-0.15, -0.1) is 0 Å². The van der Waals surface area contributed by atoms with Crippen LogP contribution in [0, 0.1) is 5.92 Å². The smallest absolute Gasteiger partial charge is 0.319 e. The maximum absolute atomic E-state index is 12.4. The predicted octanol–water partition coefficient (Wildman–Crippen LogP) is 2.52. The van der Waals surface area contributed by atoms with Gasteiger partial charge >= 0.3 is 12.0 Å². The Morgan fingerprint density at radius 1 is 1.30 bits per heavy atom. The number of para-hydroxylation sites is 1. The number of hydrogen-bond acceptors (Lipinski definition) is 4. The topological polar surface area (TPSA) is 76.7 Å². The van der Waals surface area contributed by atoms with Crippen molar-refractivity contribution in [1.29, 1.82) is 0 Å². The third kappa shape index (κ3) is 3.83. The van der Waals surface area contributed by atoms with E-state index < -0.39 is 24.0 Å². The minimum absolute atomic E-state index is 0.325. The van der Waals surface area contributed by atoms with E-state index in [-0.39, 0.29) is 0 Å². The molecule has 1 heterocycles. The molecule has 2 atom stereocenters. The number of rotatable bonds is 6. The van der Waals surface area contributed by atoms with Crippen molar-refractivity contribution in [3.63, 3.8) is 0 Å². The molecule has 0 aromatic heterocycles. The van der Waals surface area contributed by atoms with Gasteiger partial charge in [-0.3, -0.25) is 4.79 Å². The summed E-state index contributed by atoms with van der Waals surface area (Å²) in [4.78, 5) is 24.2. The van der Waals surface area contributed by atoms with Crippen LogP contribution in [0.25, 0.3) is 0 Å². The second-order valence-corrected chi connectivity index (χ2v) is 5.22. The van der Waals surface area contributed by atoms with Crippen LogP contribution in [0.2, 0.25) is 0 Å². The highest BCUT2D eigenvalue weighted by Crippen LogP contribution is 2.35. The Kier molecular flexibility index (Phi) is 5.62. The summed E-state index contributed by atoms with van der Waals surface area (Å²) in [7, 11) is 0. The van der Waals surface area contributed by atoms with Gasteiger partial charge in [0, 0.05) is 11.3 Å². The van der Waals surface area contributed by atoms with Crippen molar-refractivity contribution >= 4 is 12.0 Å². The van der Waals surface area contributed by atoms with Crippen LogP contribution in [0.15, 0.2) is 36.5 Å². The Morgan fingerprint density at radius 2 is 2.04 bits per heavy atom. The van der Waals surface area contributed by atoms with Crippen LogP contribution >= 0.6 is 0 Å². The Hall–Kier alpha value is -2.50. The minimum atomic E-state index is -0.708. The fourth-order valence-corrected chi connectivity index (χ4v) is 2.54. The van der Waals surface area contributed by atoms with Gasteiger partial charge in [-0.1, -0.05) is 31.7 Å². The normalized spacial score (nSPS) is 20.4. The number of hydrogen-bond donors (Lipinski definition) is 2. The van der Waals surface area contributed by atoms with E-state index in [0.29, 0.717) is 24.7 Å². The second kappa shape index (κ2) is 7.67. The largest absolute Gasteiger partial charge is 0.494 e. The van der Waals surface area contributed by atoms with Crippen LogP contribution in [0.1, 0.15) is 31.9 Å². The van der Waals surface area contributed by atoms with E-state index in [9.17, 15) is 9.59 Å². The molecule has 0 saturated carbocycles. The Labute approximate surface area is 135 Å². The van der Waals surface area contributed by atoms with Crippen LogP contribution in [0.5, 0.6) is 5.75 Å². The highest BCUT2D eigenvalue weighted by atomic mass is 16.5. The zero-order chi connectivity index (χ0) is 16.8. The van der Waals surface area contributed by atoms with Crippen molar-refractivity contribution in [2.45, 2.75) is 26.3 Å². The number of amides is 2. The molecular weight excluding hydrogens is 296 g/mol. The Bertz CT molecular complexity index is 600. The van der Waals surface area contributed by atoms with Gasteiger partial charge in [0.25, 0.3) is 0 Å². The van der Waals surface area contributed by atoms with Gasteiger partial charge < -0.3 is 20.1 Å². The molecule has 124 valence electrons. The lowest BCUT2D eigenvalue weighted by molar-refractivity contribution is -0.148. The molecule has 0 aliphatic carbocycles. The van der Waals surface area contributed by atoms with Crippen molar-refractivity contribution in [2.24, 2.45) is 5.92 Å². The summed E-state index contributed by atoms with van der Waals surface area (Å²) in [5.41, 5.74) is 1.05. The summed E-state index contributed by atoms with van der Waals surface area (Å²) in [6.07, 6.45) is 0.727. The number of esters is 1. The van der Waals surface area contributed by atoms with Gasteiger partial charge in [0.15, 0.2) is 0 Å². The lowest BCUT2D eigenvalue weighted by Crippen LogP contribution is -2.51. The number of urea groups is 1. The summed E-state index contributed by atoms with van der Waals surface area (Å²) in [6, 6.07) is 6.34. The first-order valence-electron chi connectivity index (χ1n) is 7.73. The molecule has 1 fully saturated rings. The monoisotopic (exact) mass is 318 g/mol. The molecule has 1 aliphatic heterocycles. The Morgan fingerprint density at radius 3 is 2.74 bits per heavy atom. The highest BCUT2D eigenvalue weighted by Gasteiger charge is 2.40. The molecule has 2 N–H and O–H groups in total. The Balaban J connectivity index is 2.36. The number of benzene rings is 1. The molecule has 6 heteroatoms. The molecule has 2 amide bonds. The van der Waals surface area contributed by atoms with Crippen LogP contribution < -0.4 is 15.4 Å². The molecule has 6 nitrogen and oxygen atoms in total. The molecule has 0 bridgehead atoms. The number of carbonyl (C=O) groups is 2.